The van der Waals surface area contributed by atoms with Gasteiger partial charge in [0, 0.05) is 26.5 Å². The first-order valence-corrected chi connectivity index (χ1v) is 10.8. The molecule has 3 saturated heterocycles. The molecule has 14 nitrogen and oxygen atoms in total. The van der Waals surface area contributed by atoms with Crippen molar-refractivity contribution < 1.29 is 38.7 Å². The molecule has 3 aliphatic rings. The van der Waals surface area contributed by atoms with Gasteiger partial charge in [-0.05, 0) is 6.92 Å². The number of rotatable bonds is 6. The lowest BCUT2D eigenvalue weighted by Gasteiger charge is -2.37. The van der Waals surface area contributed by atoms with Crippen LogP contribution in [0.15, 0.2) is 12.7 Å². The van der Waals surface area contributed by atoms with E-state index < -0.39 is 53.8 Å². The molecule has 14 heteroatoms. The first-order chi connectivity index (χ1) is 16.2. The number of hydrogen-bond donors (Lipinski definition) is 3. The van der Waals surface area contributed by atoms with Crippen LogP contribution in [0.5, 0.6) is 0 Å². The summed E-state index contributed by atoms with van der Waals surface area (Å²) in [5, 5.41) is 21.6. The molecular formula is C20H26N6O8. The van der Waals surface area contributed by atoms with E-state index in [0.717, 1.165) is 0 Å². The van der Waals surface area contributed by atoms with Crippen molar-refractivity contribution in [2.45, 2.75) is 61.7 Å². The molecule has 0 radical (unpaired) electrons. The average molecular weight is 478 g/mol. The number of aliphatic hydroxyl groups excluding tert-OH is 2. The Bertz CT molecular complexity index is 1140. The van der Waals surface area contributed by atoms with Gasteiger partial charge in [-0.1, -0.05) is 0 Å². The van der Waals surface area contributed by atoms with Crippen molar-refractivity contribution in [3.63, 3.8) is 0 Å². The number of nitrogen functional groups attached to an aromatic ring is 1. The molecule has 2 aromatic heterocycles. The summed E-state index contributed by atoms with van der Waals surface area (Å²) in [5.41, 5.74) is 3.25. The predicted octanol–water partition coefficient (Wildman–Crippen LogP) is -1.68. The van der Waals surface area contributed by atoms with Gasteiger partial charge in [0.25, 0.3) is 11.5 Å². The first kappa shape index (κ1) is 22.9. The fraction of sp³-hybridized carbons (Fsp3) is 0.650. The number of ether oxygens (including phenoxy) is 4. The van der Waals surface area contributed by atoms with Gasteiger partial charge < -0.3 is 39.8 Å². The molecule has 5 heterocycles. The minimum absolute atomic E-state index is 0.0317. The second kappa shape index (κ2) is 7.81. The number of carbonyl (C=O) groups is 2. The van der Waals surface area contributed by atoms with E-state index in [1.807, 2.05) is 0 Å². The summed E-state index contributed by atoms with van der Waals surface area (Å²) in [4.78, 5) is 39.3. The van der Waals surface area contributed by atoms with Crippen molar-refractivity contribution >= 4 is 28.9 Å². The van der Waals surface area contributed by atoms with Gasteiger partial charge >= 0.3 is 5.97 Å². The number of amides is 1. The number of nitrogens with two attached hydrogens (primary N) is 1. The molecule has 0 aliphatic carbocycles. The summed E-state index contributed by atoms with van der Waals surface area (Å²) in [7, 11) is 2.68. The maximum Gasteiger partial charge on any atom is 0.351 e. The lowest BCUT2D eigenvalue weighted by Crippen LogP contribution is -2.60. The smallest absolute Gasteiger partial charge is 0.351 e. The van der Waals surface area contributed by atoms with Crippen LogP contribution >= 0.6 is 0 Å². The molecule has 3 aliphatic heterocycles. The minimum atomic E-state index is -1.93. The van der Waals surface area contributed by atoms with Crippen LogP contribution in [0.1, 0.15) is 26.0 Å². The Hall–Kier alpha value is -2.91. The second-order valence-electron chi connectivity index (χ2n) is 8.62. The van der Waals surface area contributed by atoms with Crippen molar-refractivity contribution in [1.82, 2.24) is 24.4 Å². The highest BCUT2D eigenvalue weighted by Gasteiger charge is 2.75. The molecule has 7 atom stereocenters. The Morgan fingerprint density at radius 2 is 2.09 bits per heavy atom. The first-order valence-electron chi connectivity index (χ1n) is 10.8. The lowest BCUT2D eigenvalue weighted by atomic mass is 9.86. The summed E-state index contributed by atoms with van der Waals surface area (Å²) < 4.78 is 24.2. The van der Waals surface area contributed by atoms with E-state index in [2.05, 4.69) is 15.0 Å². The van der Waals surface area contributed by atoms with E-state index >= 15 is 0 Å². The van der Waals surface area contributed by atoms with Crippen LogP contribution in [0.2, 0.25) is 0 Å². The molecule has 3 fully saturated rings. The van der Waals surface area contributed by atoms with Crippen molar-refractivity contribution in [3.8, 4) is 0 Å². The number of piperidine rings is 1. The summed E-state index contributed by atoms with van der Waals surface area (Å²) in [6.45, 7) is 2.00. The summed E-state index contributed by atoms with van der Waals surface area (Å²) >= 11 is 0. The largest absolute Gasteiger partial charge is 0.466 e. The van der Waals surface area contributed by atoms with E-state index in [9.17, 15) is 19.8 Å². The molecule has 2 bridgehead atoms. The molecule has 1 amide bonds. The Morgan fingerprint density at radius 3 is 2.79 bits per heavy atom. The predicted molar refractivity (Wildman–Crippen MR) is 112 cm³/mol. The molecule has 5 rings (SSSR count). The van der Waals surface area contributed by atoms with Crippen LogP contribution in [-0.2, 0) is 28.5 Å². The number of imidazole rings is 1. The van der Waals surface area contributed by atoms with Gasteiger partial charge in [0.05, 0.1) is 19.5 Å². The van der Waals surface area contributed by atoms with Crippen LogP contribution in [0.4, 0.5) is 5.82 Å². The van der Waals surface area contributed by atoms with Gasteiger partial charge in [-0.25, -0.2) is 19.7 Å². The van der Waals surface area contributed by atoms with E-state index in [1.165, 1.54) is 36.3 Å². The number of likely N-dealkylation sites (N-methyl/N-ethyl adjacent to an activating group) is 1. The zero-order valence-corrected chi connectivity index (χ0v) is 18.8. The molecule has 34 heavy (non-hydrogen) atoms. The van der Waals surface area contributed by atoms with Crippen molar-refractivity contribution in [1.29, 1.82) is 0 Å². The van der Waals surface area contributed by atoms with Crippen molar-refractivity contribution in [3.05, 3.63) is 12.7 Å². The number of nitrogens with zero attached hydrogens (tertiary/aromatic N) is 5. The van der Waals surface area contributed by atoms with Gasteiger partial charge in [0.2, 0.25) is 0 Å². The Kier molecular flexibility index (Phi) is 5.25. The molecule has 2 aromatic rings. The molecule has 0 spiro atoms. The van der Waals surface area contributed by atoms with Crippen LogP contribution in [0.25, 0.3) is 11.2 Å². The van der Waals surface area contributed by atoms with Gasteiger partial charge in [0.1, 0.15) is 30.2 Å². The number of carbonyl (C=O) groups excluding carboxylic acids is 2. The standard InChI is InChI=1S/C20H26N6O8/c1-4-32-10-6-19(25(2)17(29)20(10,34-19)18(30)31-3)5-9-12(27)13(28)16(33-9)26-8-24-11-14(21)22-7-23-15(11)26/h7-10,12-13,16,27-28H,4-6H2,1-3H3,(H2,21,22,23)/t9-,10-,12-,13-,16-,19-,20+/m1/s1. The maximum absolute atomic E-state index is 13.2. The molecule has 0 unspecified atom stereocenters. The Labute approximate surface area is 193 Å². The average Bonchev–Trinajstić information content (AvgIpc) is 3.52. The van der Waals surface area contributed by atoms with Crippen LogP contribution in [0, 0.1) is 0 Å². The van der Waals surface area contributed by atoms with Gasteiger partial charge in [-0.3, -0.25) is 9.36 Å². The zero-order chi connectivity index (χ0) is 24.4. The second-order valence-corrected chi connectivity index (χ2v) is 8.62. The van der Waals surface area contributed by atoms with E-state index in [1.54, 1.807) is 6.92 Å². The number of aliphatic hydroxyl groups is 2. The van der Waals surface area contributed by atoms with E-state index in [0.29, 0.717) is 11.2 Å². The number of fused-ring (bicyclic) bond motifs is 3. The molecule has 4 N–H and O–H groups in total. The Morgan fingerprint density at radius 1 is 1.32 bits per heavy atom. The number of esters is 1. The third-order valence-corrected chi connectivity index (χ3v) is 6.92. The quantitative estimate of drug-likeness (QED) is 0.317. The number of aromatic nitrogens is 4. The monoisotopic (exact) mass is 478 g/mol. The topological polar surface area (TPSA) is 184 Å². The number of hydrogen-bond acceptors (Lipinski definition) is 12. The highest BCUT2D eigenvalue weighted by molar-refractivity contribution is 6.09. The summed E-state index contributed by atoms with van der Waals surface area (Å²) in [6, 6.07) is 0. The van der Waals surface area contributed by atoms with Crippen molar-refractivity contribution in [2.75, 3.05) is 26.5 Å². The third kappa shape index (κ3) is 2.89. The number of methoxy groups -OCH3 is 1. The third-order valence-electron chi connectivity index (χ3n) is 6.92. The fourth-order valence-electron chi connectivity index (χ4n) is 5.21. The number of anilines is 1. The van der Waals surface area contributed by atoms with Crippen LogP contribution < -0.4 is 5.73 Å². The zero-order valence-electron chi connectivity index (χ0n) is 18.8. The highest BCUT2D eigenvalue weighted by atomic mass is 16.6. The summed E-state index contributed by atoms with van der Waals surface area (Å²) in [6.07, 6.45) is -2.76. The minimum Gasteiger partial charge on any atom is -0.466 e. The summed E-state index contributed by atoms with van der Waals surface area (Å²) in [5.74, 6) is -1.28. The van der Waals surface area contributed by atoms with Gasteiger partial charge in [-0.15, -0.1) is 0 Å². The van der Waals surface area contributed by atoms with Gasteiger partial charge in [-0.2, -0.15) is 0 Å². The van der Waals surface area contributed by atoms with Crippen LogP contribution in [-0.4, -0.2) is 103 Å². The molecule has 0 aromatic carbocycles. The van der Waals surface area contributed by atoms with E-state index in [-0.39, 0.29) is 25.3 Å². The fourth-order valence-corrected chi connectivity index (χ4v) is 5.21. The SMILES string of the molecule is CCO[C@@H]1C[C@@]2(C[C@H]3O[C@@H](n4cnc5c(N)ncnc54)[C@H](O)[C@@H]3O)O[C@]1(C(=O)OC)C(=O)N2C. The van der Waals surface area contributed by atoms with E-state index in [4.69, 9.17) is 24.7 Å². The molecule has 0 saturated carbocycles. The molecule has 184 valence electrons. The molecular weight excluding hydrogens is 452 g/mol. The number of likely N-dealkylation sites (tertiary alicyclic amines) is 1. The maximum atomic E-state index is 13.2. The normalized spacial score (nSPS) is 37.1. The lowest BCUT2D eigenvalue weighted by molar-refractivity contribution is -0.181. The van der Waals surface area contributed by atoms with Crippen molar-refractivity contribution in [2.24, 2.45) is 0 Å². The highest BCUT2D eigenvalue weighted by Crippen LogP contribution is 2.53. The van der Waals surface area contributed by atoms with Gasteiger partial charge in [0.15, 0.2) is 23.4 Å². The van der Waals surface area contributed by atoms with Crippen LogP contribution in [0.3, 0.4) is 0 Å². The Balaban J connectivity index is 1.44.